The molecule has 0 fully saturated rings. The first kappa shape index (κ1) is 11.0. The largest absolute Gasteiger partial charge is 0.487 e. The number of hydrogen-bond donors (Lipinski definition) is 0. The van der Waals surface area contributed by atoms with Crippen molar-refractivity contribution in [2.45, 2.75) is 0 Å². The summed E-state index contributed by atoms with van der Waals surface area (Å²) in [5, 5.41) is 0.864. The first-order valence-corrected chi connectivity index (χ1v) is 6.34. The highest BCUT2D eigenvalue weighted by atomic mass is 32.1. The SMILES string of the molecule is COc1ccc(-c2cnc(-c3ccccc3)o2)s1. The molecule has 0 amide bonds. The molecule has 0 saturated carbocycles. The molecule has 0 aliphatic carbocycles. The van der Waals surface area contributed by atoms with Crippen LogP contribution >= 0.6 is 11.3 Å². The summed E-state index contributed by atoms with van der Waals surface area (Å²) in [7, 11) is 1.66. The van der Waals surface area contributed by atoms with Crippen molar-refractivity contribution in [2.24, 2.45) is 0 Å². The highest BCUT2D eigenvalue weighted by Gasteiger charge is 2.10. The third-order valence-corrected chi connectivity index (χ3v) is 3.61. The van der Waals surface area contributed by atoms with Gasteiger partial charge in [0.1, 0.15) is 0 Å². The van der Waals surface area contributed by atoms with Crippen LogP contribution in [-0.4, -0.2) is 12.1 Å². The third-order valence-electron chi connectivity index (χ3n) is 2.55. The lowest BCUT2D eigenvalue weighted by Gasteiger charge is -1.93. The molecule has 3 rings (SSSR count). The van der Waals surface area contributed by atoms with Gasteiger partial charge < -0.3 is 9.15 Å². The Bertz CT molecular complexity index is 643. The summed E-state index contributed by atoms with van der Waals surface area (Å²) >= 11 is 1.54. The summed E-state index contributed by atoms with van der Waals surface area (Å²) in [6.07, 6.45) is 1.74. The molecule has 0 aliphatic rings. The van der Waals surface area contributed by atoms with E-state index in [0.717, 1.165) is 21.3 Å². The van der Waals surface area contributed by atoms with Crippen molar-refractivity contribution in [3.05, 3.63) is 48.7 Å². The second-order valence-electron chi connectivity index (χ2n) is 3.72. The minimum Gasteiger partial charge on any atom is -0.487 e. The Labute approximate surface area is 109 Å². The van der Waals surface area contributed by atoms with E-state index in [0.29, 0.717) is 5.89 Å². The zero-order valence-corrected chi connectivity index (χ0v) is 10.6. The van der Waals surface area contributed by atoms with Crippen LogP contribution in [0.2, 0.25) is 0 Å². The minimum atomic E-state index is 0.637. The monoisotopic (exact) mass is 257 g/mol. The van der Waals surface area contributed by atoms with E-state index >= 15 is 0 Å². The molecule has 0 aliphatic heterocycles. The predicted molar refractivity (Wildman–Crippen MR) is 71.8 cm³/mol. The molecule has 18 heavy (non-hydrogen) atoms. The van der Waals surface area contributed by atoms with Gasteiger partial charge in [-0.25, -0.2) is 4.98 Å². The molecule has 0 atom stereocenters. The maximum atomic E-state index is 5.76. The number of oxazole rings is 1. The van der Waals surface area contributed by atoms with Crippen LogP contribution in [0, 0.1) is 0 Å². The highest BCUT2D eigenvalue weighted by molar-refractivity contribution is 7.17. The second kappa shape index (κ2) is 4.66. The van der Waals surface area contributed by atoms with Gasteiger partial charge in [0, 0.05) is 5.56 Å². The fourth-order valence-electron chi connectivity index (χ4n) is 1.66. The average Bonchev–Trinajstić information content (AvgIpc) is 3.08. The highest BCUT2D eigenvalue weighted by Crippen LogP contribution is 2.34. The smallest absolute Gasteiger partial charge is 0.226 e. The van der Waals surface area contributed by atoms with Gasteiger partial charge in [0.05, 0.1) is 18.2 Å². The van der Waals surface area contributed by atoms with Crippen molar-refractivity contribution in [3.63, 3.8) is 0 Å². The molecule has 0 saturated heterocycles. The van der Waals surface area contributed by atoms with Crippen molar-refractivity contribution < 1.29 is 9.15 Å². The Morgan fingerprint density at radius 3 is 2.67 bits per heavy atom. The summed E-state index contributed by atoms with van der Waals surface area (Å²) in [4.78, 5) is 5.31. The van der Waals surface area contributed by atoms with Crippen molar-refractivity contribution >= 4 is 11.3 Å². The molecule has 0 bridgehead atoms. The molecule has 2 aromatic heterocycles. The van der Waals surface area contributed by atoms with E-state index in [1.165, 1.54) is 11.3 Å². The van der Waals surface area contributed by atoms with Gasteiger partial charge in [0.2, 0.25) is 5.89 Å². The van der Waals surface area contributed by atoms with E-state index < -0.39 is 0 Å². The van der Waals surface area contributed by atoms with E-state index in [-0.39, 0.29) is 0 Å². The van der Waals surface area contributed by atoms with Crippen LogP contribution in [0.25, 0.3) is 22.1 Å². The molecule has 90 valence electrons. The summed E-state index contributed by atoms with van der Waals surface area (Å²) in [6.45, 7) is 0. The van der Waals surface area contributed by atoms with E-state index in [1.54, 1.807) is 13.3 Å². The Morgan fingerprint density at radius 2 is 1.94 bits per heavy atom. The van der Waals surface area contributed by atoms with Gasteiger partial charge in [-0.3, -0.25) is 0 Å². The molecule has 3 nitrogen and oxygen atoms in total. The lowest BCUT2D eigenvalue weighted by Crippen LogP contribution is -1.73. The fourth-order valence-corrected chi connectivity index (χ4v) is 2.43. The van der Waals surface area contributed by atoms with Gasteiger partial charge in [-0.15, -0.1) is 0 Å². The van der Waals surface area contributed by atoms with Crippen LogP contribution in [0.5, 0.6) is 5.06 Å². The normalized spacial score (nSPS) is 10.5. The van der Waals surface area contributed by atoms with Gasteiger partial charge in [-0.2, -0.15) is 0 Å². The molecule has 2 heterocycles. The topological polar surface area (TPSA) is 35.3 Å². The van der Waals surface area contributed by atoms with Gasteiger partial charge in [-0.1, -0.05) is 29.5 Å². The van der Waals surface area contributed by atoms with E-state index in [2.05, 4.69) is 4.98 Å². The number of aromatic nitrogens is 1. The summed E-state index contributed by atoms with van der Waals surface area (Å²) in [6, 6.07) is 13.7. The maximum Gasteiger partial charge on any atom is 0.226 e. The number of methoxy groups -OCH3 is 1. The average molecular weight is 257 g/mol. The Kier molecular flexibility index (Phi) is 2.86. The molecular formula is C14H11NO2S. The van der Waals surface area contributed by atoms with E-state index in [1.807, 2.05) is 42.5 Å². The lowest BCUT2D eigenvalue weighted by molar-refractivity contribution is 0.427. The number of benzene rings is 1. The molecule has 0 spiro atoms. The first-order valence-electron chi connectivity index (χ1n) is 5.52. The van der Waals surface area contributed by atoms with Gasteiger partial charge in [0.25, 0.3) is 0 Å². The molecule has 0 radical (unpaired) electrons. The molecule has 0 unspecified atom stereocenters. The Morgan fingerprint density at radius 1 is 1.11 bits per heavy atom. The quantitative estimate of drug-likeness (QED) is 0.709. The van der Waals surface area contributed by atoms with E-state index in [9.17, 15) is 0 Å². The molecular weight excluding hydrogens is 246 g/mol. The third kappa shape index (κ3) is 2.02. The second-order valence-corrected chi connectivity index (χ2v) is 4.76. The van der Waals surface area contributed by atoms with Gasteiger partial charge >= 0.3 is 0 Å². The Balaban J connectivity index is 1.94. The number of rotatable bonds is 3. The van der Waals surface area contributed by atoms with Crippen LogP contribution in [0.1, 0.15) is 0 Å². The number of hydrogen-bond acceptors (Lipinski definition) is 4. The van der Waals surface area contributed by atoms with E-state index in [4.69, 9.17) is 9.15 Å². The van der Waals surface area contributed by atoms with Gasteiger partial charge in [0.15, 0.2) is 10.8 Å². The number of nitrogens with zero attached hydrogens (tertiary/aromatic N) is 1. The maximum absolute atomic E-state index is 5.76. The van der Waals surface area contributed by atoms with Crippen molar-refractivity contribution in [3.8, 4) is 27.2 Å². The van der Waals surface area contributed by atoms with Crippen LogP contribution in [0.4, 0.5) is 0 Å². The summed E-state index contributed by atoms with van der Waals surface area (Å²) < 4.78 is 10.9. The predicted octanol–water partition coefficient (Wildman–Crippen LogP) is 4.08. The van der Waals surface area contributed by atoms with Crippen LogP contribution in [-0.2, 0) is 0 Å². The lowest BCUT2D eigenvalue weighted by atomic mass is 10.2. The van der Waals surface area contributed by atoms with Crippen LogP contribution in [0.15, 0.2) is 53.1 Å². The zero-order valence-electron chi connectivity index (χ0n) is 9.79. The minimum absolute atomic E-state index is 0.637. The van der Waals surface area contributed by atoms with Crippen molar-refractivity contribution in [1.29, 1.82) is 0 Å². The Hall–Kier alpha value is -2.07. The molecule has 1 aromatic carbocycles. The summed E-state index contributed by atoms with van der Waals surface area (Å²) in [5.41, 5.74) is 0.979. The first-order chi connectivity index (χ1) is 8.86. The van der Waals surface area contributed by atoms with Gasteiger partial charge in [-0.05, 0) is 24.3 Å². The standard InChI is InChI=1S/C14H11NO2S/c1-16-13-8-7-12(18-13)11-9-15-14(17-11)10-5-3-2-4-6-10/h2-9H,1H3. The van der Waals surface area contributed by atoms with Crippen LogP contribution < -0.4 is 4.74 Å². The molecule has 4 heteroatoms. The molecule has 0 N–H and O–H groups in total. The van der Waals surface area contributed by atoms with Crippen LogP contribution in [0.3, 0.4) is 0 Å². The zero-order chi connectivity index (χ0) is 12.4. The fraction of sp³-hybridized carbons (Fsp3) is 0.0714. The van der Waals surface area contributed by atoms with Crippen molar-refractivity contribution in [1.82, 2.24) is 4.98 Å². The van der Waals surface area contributed by atoms with Crippen molar-refractivity contribution in [2.75, 3.05) is 7.11 Å². The number of ether oxygens (including phenoxy) is 1. The number of thiophene rings is 1. The summed E-state index contributed by atoms with van der Waals surface area (Å²) in [5.74, 6) is 1.40. The molecule has 3 aromatic rings.